The fourth-order valence-electron chi connectivity index (χ4n) is 2.49. The maximum atomic E-state index is 12.7. The molecular weight excluding hydrogens is 342 g/mol. The lowest BCUT2D eigenvalue weighted by atomic mass is 10.1. The van der Waals surface area contributed by atoms with Gasteiger partial charge in [-0.2, -0.15) is 0 Å². The number of carbonyl (C=O) groups excluding carboxylic acids is 2. The first-order chi connectivity index (χ1) is 9.97. The van der Waals surface area contributed by atoms with Crippen LogP contribution in [0.5, 0.6) is 0 Å². The van der Waals surface area contributed by atoms with Crippen molar-refractivity contribution in [1.82, 2.24) is 14.8 Å². The van der Waals surface area contributed by atoms with Crippen LogP contribution in [0.3, 0.4) is 0 Å². The molecule has 2 heterocycles. The molecule has 0 spiro atoms. The lowest BCUT2D eigenvalue weighted by Crippen LogP contribution is -2.59. The Labute approximate surface area is 129 Å². The van der Waals surface area contributed by atoms with Crippen molar-refractivity contribution in [1.29, 1.82) is 0 Å². The summed E-state index contributed by atoms with van der Waals surface area (Å²) in [5.41, 5.74) is 0.422. The highest BCUT2D eigenvalue weighted by atomic mass is 79.9. The number of amides is 2. The van der Waals surface area contributed by atoms with Crippen molar-refractivity contribution in [2.24, 2.45) is 0 Å². The first-order valence-corrected chi connectivity index (χ1v) is 7.44. The van der Waals surface area contributed by atoms with Crippen LogP contribution < -0.4 is 5.32 Å². The van der Waals surface area contributed by atoms with Crippen molar-refractivity contribution in [3.05, 3.63) is 22.4 Å². The summed E-state index contributed by atoms with van der Waals surface area (Å²) < 4.78 is 2.63. The number of rotatable bonds is 3. The molecule has 112 valence electrons. The number of aliphatic carboxylic acids is 1. The van der Waals surface area contributed by atoms with E-state index in [0.717, 1.165) is 22.2 Å². The van der Waals surface area contributed by atoms with E-state index in [1.165, 1.54) is 0 Å². The zero-order valence-corrected chi connectivity index (χ0v) is 12.7. The van der Waals surface area contributed by atoms with Crippen molar-refractivity contribution < 1.29 is 19.5 Å². The summed E-state index contributed by atoms with van der Waals surface area (Å²) in [7, 11) is 0. The van der Waals surface area contributed by atoms with Crippen LogP contribution in [0.1, 0.15) is 29.4 Å². The summed E-state index contributed by atoms with van der Waals surface area (Å²) in [4.78, 5) is 36.6. The molecule has 21 heavy (non-hydrogen) atoms. The monoisotopic (exact) mass is 355 g/mol. The second-order valence-electron chi connectivity index (χ2n) is 5.27. The van der Waals surface area contributed by atoms with Gasteiger partial charge in [0.05, 0.1) is 0 Å². The highest BCUT2D eigenvalue weighted by Gasteiger charge is 2.38. The summed E-state index contributed by atoms with van der Waals surface area (Å²) in [5.74, 6) is -1.88. The van der Waals surface area contributed by atoms with Crippen LogP contribution in [-0.4, -0.2) is 51.5 Å². The Balaban J connectivity index is 1.92. The zero-order valence-electron chi connectivity index (χ0n) is 11.1. The van der Waals surface area contributed by atoms with Crippen LogP contribution in [0.25, 0.3) is 0 Å². The molecule has 2 amide bonds. The van der Waals surface area contributed by atoms with Crippen molar-refractivity contribution in [3.63, 3.8) is 0 Å². The third-order valence-corrected chi connectivity index (χ3v) is 4.14. The second-order valence-corrected chi connectivity index (χ2v) is 6.19. The van der Waals surface area contributed by atoms with Gasteiger partial charge in [-0.15, -0.1) is 0 Å². The Morgan fingerprint density at radius 3 is 2.71 bits per heavy atom. The average molecular weight is 356 g/mol. The van der Waals surface area contributed by atoms with Gasteiger partial charge in [-0.1, -0.05) is 0 Å². The maximum Gasteiger partial charge on any atom is 0.328 e. The fraction of sp³-hybridized carbons (Fsp3) is 0.462. The number of aromatic nitrogens is 1. The van der Waals surface area contributed by atoms with Gasteiger partial charge in [-0.3, -0.25) is 9.59 Å². The van der Waals surface area contributed by atoms with Crippen molar-refractivity contribution in [2.75, 3.05) is 13.1 Å². The lowest BCUT2D eigenvalue weighted by molar-refractivity contribution is -0.144. The van der Waals surface area contributed by atoms with Gasteiger partial charge in [0.1, 0.15) is 18.3 Å². The average Bonchev–Trinajstić information content (AvgIpc) is 3.20. The summed E-state index contributed by atoms with van der Waals surface area (Å²) >= 11 is 3.34. The number of nitrogens with zero attached hydrogens (tertiary/aromatic N) is 2. The van der Waals surface area contributed by atoms with Gasteiger partial charge in [0.15, 0.2) is 0 Å². The van der Waals surface area contributed by atoms with Crippen LogP contribution in [0.2, 0.25) is 0 Å². The molecule has 2 N–H and O–H groups in total. The van der Waals surface area contributed by atoms with E-state index in [-0.39, 0.29) is 25.0 Å². The molecule has 1 aliphatic carbocycles. The number of nitrogens with one attached hydrogen (secondary N) is 1. The standard InChI is InChI=1S/C13H14BrN3O4/c14-7-3-9(16(5-7)8-1-2-8)12(19)17-6-11(18)15-4-10(17)13(20)21/h3,5,8,10H,1-2,4,6H2,(H,15,18)(H,20,21). The van der Waals surface area contributed by atoms with Gasteiger partial charge in [0, 0.05) is 23.3 Å². The van der Waals surface area contributed by atoms with Gasteiger partial charge in [0.2, 0.25) is 5.91 Å². The number of halogens is 1. The molecule has 1 aromatic rings. The molecular formula is C13H14BrN3O4. The van der Waals surface area contributed by atoms with E-state index in [1.54, 1.807) is 6.07 Å². The van der Waals surface area contributed by atoms with Crippen molar-refractivity contribution in [2.45, 2.75) is 24.9 Å². The third kappa shape index (κ3) is 2.67. The predicted octanol–water partition coefficient (Wildman–Crippen LogP) is 0.611. The van der Waals surface area contributed by atoms with Gasteiger partial charge >= 0.3 is 5.97 Å². The van der Waals surface area contributed by atoms with Gasteiger partial charge in [-0.05, 0) is 34.8 Å². The molecule has 8 heteroatoms. The summed E-state index contributed by atoms with van der Waals surface area (Å²) in [6, 6.07) is 0.931. The summed E-state index contributed by atoms with van der Waals surface area (Å²) in [5, 5.41) is 11.7. The number of piperazine rings is 1. The van der Waals surface area contributed by atoms with Crippen LogP contribution in [-0.2, 0) is 9.59 Å². The van der Waals surface area contributed by atoms with E-state index < -0.39 is 17.9 Å². The molecule has 1 aliphatic heterocycles. The molecule has 2 aliphatic rings. The van der Waals surface area contributed by atoms with Crippen LogP contribution in [0.15, 0.2) is 16.7 Å². The van der Waals surface area contributed by atoms with E-state index in [2.05, 4.69) is 21.2 Å². The highest BCUT2D eigenvalue weighted by Crippen LogP contribution is 2.37. The predicted molar refractivity (Wildman–Crippen MR) is 75.9 cm³/mol. The fourth-order valence-corrected chi connectivity index (χ4v) is 2.93. The SMILES string of the molecule is O=C1CN(C(=O)c2cc(Br)cn2C2CC2)C(C(=O)O)CN1. The minimum Gasteiger partial charge on any atom is -0.480 e. The van der Waals surface area contributed by atoms with Gasteiger partial charge in [-0.25, -0.2) is 4.79 Å². The third-order valence-electron chi connectivity index (χ3n) is 3.70. The molecule has 1 unspecified atom stereocenters. The van der Waals surface area contributed by atoms with E-state index in [9.17, 15) is 19.5 Å². The largest absolute Gasteiger partial charge is 0.480 e. The smallest absolute Gasteiger partial charge is 0.328 e. The topological polar surface area (TPSA) is 91.6 Å². The van der Waals surface area contributed by atoms with E-state index in [0.29, 0.717) is 5.69 Å². The van der Waals surface area contributed by atoms with Crippen molar-refractivity contribution >= 4 is 33.7 Å². The molecule has 2 fully saturated rings. The van der Waals surface area contributed by atoms with Gasteiger partial charge in [0.25, 0.3) is 5.91 Å². The number of carbonyl (C=O) groups is 3. The number of hydrogen-bond donors (Lipinski definition) is 2. The minimum atomic E-state index is -1.12. The quantitative estimate of drug-likeness (QED) is 0.830. The van der Waals surface area contributed by atoms with E-state index in [1.807, 2.05) is 10.8 Å². The molecule has 1 atom stereocenters. The normalized spacial score (nSPS) is 22.0. The first kappa shape index (κ1) is 14.1. The molecule has 3 rings (SSSR count). The highest BCUT2D eigenvalue weighted by molar-refractivity contribution is 9.10. The maximum absolute atomic E-state index is 12.7. The Hall–Kier alpha value is -1.83. The Kier molecular flexibility index (Phi) is 3.48. The minimum absolute atomic E-state index is 0.0643. The molecule has 1 aromatic heterocycles. The molecule has 1 saturated heterocycles. The lowest BCUT2D eigenvalue weighted by Gasteiger charge is -2.32. The van der Waals surface area contributed by atoms with Gasteiger partial charge < -0.3 is 19.9 Å². The second kappa shape index (κ2) is 5.18. The zero-order chi connectivity index (χ0) is 15.1. The summed E-state index contributed by atoms with van der Waals surface area (Å²) in [6.45, 7) is -0.297. The number of hydrogen-bond acceptors (Lipinski definition) is 3. The molecule has 0 radical (unpaired) electrons. The summed E-state index contributed by atoms with van der Waals surface area (Å²) in [6.07, 6.45) is 3.83. The Bertz CT molecular complexity index is 623. The molecule has 0 bridgehead atoms. The molecule has 1 saturated carbocycles. The van der Waals surface area contributed by atoms with E-state index in [4.69, 9.17) is 0 Å². The van der Waals surface area contributed by atoms with Crippen LogP contribution in [0, 0.1) is 0 Å². The van der Waals surface area contributed by atoms with Crippen LogP contribution >= 0.6 is 15.9 Å². The number of carboxylic acid groups (broad SMARTS) is 1. The van der Waals surface area contributed by atoms with Crippen molar-refractivity contribution in [3.8, 4) is 0 Å². The Morgan fingerprint density at radius 1 is 1.38 bits per heavy atom. The number of carboxylic acids is 1. The molecule has 7 nitrogen and oxygen atoms in total. The van der Waals surface area contributed by atoms with E-state index >= 15 is 0 Å². The first-order valence-electron chi connectivity index (χ1n) is 6.65. The van der Waals surface area contributed by atoms with Crippen LogP contribution in [0.4, 0.5) is 0 Å². The Morgan fingerprint density at radius 2 is 2.10 bits per heavy atom. The molecule has 0 aromatic carbocycles.